The smallest absolute Gasteiger partial charge is 0.338 e. The van der Waals surface area contributed by atoms with E-state index in [0.29, 0.717) is 18.8 Å². The highest BCUT2D eigenvalue weighted by Gasteiger charge is 2.27. The number of carbonyl (C=O) groups excluding carboxylic acids is 2. The molecule has 1 heterocycles. The molecule has 0 aromatic heterocycles. The molecule has 1 aliphatic heterocycles. The van der Waals surface area contributed by atoms with Crippen molar-refractivity contribution in [2.75, 3.05) is 25.0 Å². The summed E-state index contributed by atoms with van der Waals surface area (Å²) in [5.74, 6) is -1.14. The molecule has 0 bridgehead atoms. The monoisotopic (exact) mass is 416 g/mol. The molecule has 0 unspecified atom stereocenters. The molecule has 1 saturated heterocycles. The fraction of sp³-hybridized carbons (Fsp3) is 0.333. The van der Waals surface area contributed by atoms with E-state index in [2.05, 4.69) is 5.32 Å². The largest absolute Gasteiger partial charge is 0.452 e. The Bertz CT molecular complexity index is 1010. The van der Waals surface area contributed by atoms with E-state index in [1.807, 2.05) is 26.0 Å². The number of esters is 1. The van der Waals surface area contributed by atoms with Crippen LogP contribution in [0.4, 0.5) is 5.69 Å². The van der Waals surface area contributed by atoms with Crippen LogP contribution in [0.2, 0.25) is 0 Å². The van der Waals surface area contributed by atoms with Gasteiger partial charge in [-0.2, -0.15) is 4.31 Å². The van der Waals surface area contributed by atoms with Gasteiger partial charge in [-0.25, -0.2) is 13.2 Å². The molecule has 1 aliphatic rings. The molecule has 1 N–H and O–H groups in total. The summed E-state index contributed by atoms with van der Waals surface area (Å²) in [6, 6.07) is 11.1. The molecule has 7 nitrogen and oxygen atoms in total. The molecule has 29 heavy (non-hydrogen) atoms. The number of hydrogen-bond donors (Lipinski definition) is 1. The van der Waals surface area contributed by atoms with Crippen molar-refractivity contribution in [3.63, 3.8) is 0 Å². The van der Waals surface area contributed by atoms with Crippen LogP contribution in [0.1, 0.15) is 34.3 Å². The average molecular weight is 416 g/mol. The first kappa shape index (κ1) is 21.0. The Labute approximate surface area is 170 Å². The lowest BCUT2D eigenvalue weighted by molar-refractivity contribution is -0.119. The van der Waals surface area contributed by atoms with Crippen LogP contribution in [0.25, 0.3) is 0 Å². The quantitative estimate of drug-likeness (QED) is 0.731. The van der Waals surface area contributed by atoms with Crippen LogP contribution >= 0.6 is 0 Å². The third-order valence-electron chi connectivity index (χ3n) is 4.92. The first-order valence-electron chi connectivity index (χ1n) is 9.42. The number of hydrogen-bond acceptors (Lipinski definition) is 5. The maximum absolute atomic E-state index is 12.5. The van der Waals surface area contributed by atoms with Crippen LogP contribution in [0.3, 0.4) is 0 Å². The van der Waals surface area contributed by atoms with Gasteiger partial charge >= 0.3 is 5.97 Å². The SMILES string of the molecule is Cc1ccc(NC(=O)COC(=O)c2ccc(S(=O)(=O)N3CCCC3)cc2)cc1C. The topological polar surface area (TPSA) is 92.8 Å². The molecular formula is C21H24N2O5S. The molecule has 0 spiro atoms. The second kappa shape index (κ2) is 8.75. The molecular weight excluding hydrogens is 392 g/mol. The van der Waals surface area contributed by atoms with Gasteiger partial charge in [-0.15, -0.1) is 0 Å². The van der Waals surface area contributed by atoms with Gasteiger partial charge in [0.2, 0.25) is 10.0 Å². The van der Waals surface area contributed by atoms with Crippen molar-refractivity contribution < 1.29 is 22.7 Å². The standard InChI is InChI=1S/C21H24N2O5S/c1-15-5-8-18(13-16(15)2)22-20(24)14-28-21(25)17-6-9-19(10-7-17)29(26,27)23-11-3-4-12-23/h5-10,13H,3-4,11-12,14H2,1-2H3,(H,22,24). The third-order valence-corrected chi connectivity index (χ3v) is 6.83. The number of amides is 1. The zero-order chi connectivity index (χ0) is 21.0. The lowest BCUT2D eigenvalue weighted by Crippen LogP contribution is -2.27. The molecule has 8 heteroatoms. The number of nitrogens with one attached hydrogen (secondary N) is 1. The van der Waals surface area contributed by atoms with E-state index in [4.69, 9.17) is 4.74 Å². The fourth-order valence-corrected chi connectivity index (χ4v) is 4.59. The van der Waals surface area contributed by atoms with Crippen molar-refractivity contribution in [3.05, 3.63) is 59.2 Å². The highest BCUT2D eigenvalue weighted by atomic mass is 32.2. The molecule has 2 aromatic rings. The maximum atomic E-state index is 12.5. The number of aryl methyl sites for hydroxylation is 2. The van der Waals surface area contributed by atoms with E-state index >= 15 is 0 Å². The molecule has 0 atom stereocenters. The minimum Gasteiger partial charge on any atom is -0.452 e. The number of carbonyl (C=O) groups is 2. The predicted octanol–water partition coefficient (Wildman–Crippen LogP) is 2.88. The first-order chi connectivity index (χ1) is 13.8. The lowest BCUT2D eigenvalue weighted by Gasteiger charge is -2.15. The van der Waals surface area contributed by atoms with Gasteiger partial charge in [-0.05, 0) is 74.2 Å². The summed E-state index contributed by atoms with van der Waals surface area (Å²) in [6.45, 7) is 4.52. The number of benzene rings is 2. The van der Waals surface area contributed by atoms with Gasteiger partial charge in [0.1, 0.15) is 0 Å². The van der Waals surface area contributed by atoms with Crippen LogP contribution in [0, 0.1) is 13.8 Å². The van der Waals surface area contributed by atoms with E-state index in [-0.39, 0.29) is 10.5 Å². The van der Waals surface area contributed by atoms with Crippen molar-refractivity contribution in [3.8, 4) is 0 Å². The molecule has 3 rings (SSSR count). The Kier molecular flexibility index (Phi) is 6.34. The second-order valence-corrected chi connectivity index (χ2v) is 9.00. The first-order valence-corrected chi connectivity index (χ1v) is 10.9. The van der Waals surface area contributed by atoms with Crippen molar-refractivity contribution >= 4 is 27.6 Å². The molecule has 2 aromatic carbocycles. The Morgan fingerprint density at radius 2 is 1.66 bits per heavy atom. The highest BCUT2D eigenvalue weighted by molar-refractivity contribution is 7.89. The van der Waals surface area contributed by atoms with Gasteiger partial charge < -0.3 is 10.1 Å². The van der Waals surface area contributed by atoms with Gasteiger partial charge in [0, 0.05) is 18.8 Å². The zero-order valence-electron chi connectivity index (χ0n) is 16.5. The van der Waals surface area contributed by atoms with Gasteiger partial charge in [-0.1, -0.05) is 6.07 Å². The number of ether oxygens (including phenoxy) is 1. The predicted molar refractivity (Wildman–Crippen MR) is 109 cm³/mol. The summed E-state index contributed by atoms with van der Waals surface area (Å²) in [5, 5.41) is 2.68. The summed E-state index contributed by atoms with van der Waals surface area (Å²) < 4.78 is 31.5. The molecule has 0 saturated carbocycles. The minimum absolute atomic E-state index is 0.142. The molecule has 154 valence electrons. The summed E-state index contributed by atoms with van der Waals surface area (Å²) in [6.07, 6.45) is 1.71. The minimum atomic E-state index is -3.53. The van der Waals surface area contributed by atoms with E-state index in [1.54, 1.807) is 6.07 Å². The summed E-state index contributed by atoms with van der Waals surface area (Å²) in [5.41, 5.74) is 2.98. The number of anilines is 1. The van der Waals surface area contributed by atoms with Crippen LogP contribution in [-0.2, 0) is 19.6 Å². The number of sulfonamides is 1. The lowest BCUT2D eigenvalue weighted by atomic mass is 10.1. The van der Waals surface area contributed by atoms with Gasteiger partial charge in [0.15, 0.2) is 6.61 Å². The van der Waals surface area contributed by atoms with Crippen LogP contribution in [0.15, 0.2) is 47.4 Å². The summed E-state index contributed by atoms with van der Waals surface area (Å²) in [7, 11) is -3.53. The van der Waals surface area contributed by atoms with Crippen LogP contribution < -0.4 is 5.32 Å². The van der Waals surface area contributed by atoms with Crippen molar-refractivity contribution in [1.82, 2.24) is 4.31 Å². The molecule has 0 radical (unpaired) electrons. The van der Waals surface area contributed by atoms with E-state index in [0.717, 1.165) is 24.0 Å². The average Bonchev–Trinajstić information content (AvgIpc) is 3.25. The Hall–Kier alpha value is -2.71. The van der Waals surface area contributed by atoms with Crippen LogP contribution in [0.5, 0.6) is 0 Å². The molecule has 1 amide bonds. The maximum Gasteiger partial charge on any atom is 0.338 e. The van der Waals surface area contributed by atoms with Crippen molar-refractivity contribution in [1.29, 1.82) is 0 Å². The number of rotatable bonds is 6. The number of nitrogens with zero attached hydrogens (tertiary/aromatic N) is 1. The highest BCUT2D eigenvalue weighted by Crippen LogP contribution is 2.21. The molecule has 1 fully saturated rings. The Morgan fingerprint density at radius 3 is 2.28 bits per heavy atom. The van der Waals surface area contributed by atoms with E-state index in [1.165, 1.54) is 28.6 Å². The normalized spacial score (nSPS) is 14.6. The van der Waals surface area contributed by atoms with Crippen molar-refractivity contribution in [2.24, 2.45) is 0 Å². The van der Waals surface area contributed by atoms with E-state index in [9.17, 15) is 18.0 Å². The summed E-state index contributed by atoms with van der Waals surface area (Å²) >= 11 is 0. The Balaban J connectivity index is 1.56. The fourth-order valence-electron chi connectivity index (χ4n) is 3.07. The molecule has 0 aliphatic carbocycles. The second-order valence-electron chi connectivity index (χ2n) is 7.06. The van der Waals surface area contributed by atoms with E-state index < -0.39 is 28.5 Å². The zero-order valence-corrected chi connectivity index (χ0v) is 17.3. The Morgan fingerprint density at radius 1 is 1.00 bits per heavy atom. The summed E-state index contributed by atoms with van der Waals surface area (Å²) in [4.78, 5) is 24.3. The van der Waals surface area contributed by atoms with Gasteiger partial charge in [-0.3, -0.25) is 4.79 Å². The van der Waals surface area contributed by atoms with Gasteiger partial charge in [0.05, 0.1) is 10.5 Å². The third kappa shape index (κ3) is 5.02. The van der Waals surface area contributed by atoms with Gasteiger partial charge in [0.25, 0.3) is 5.91 Å². The van der Waals surface area contributed by atoms with Crippen LogP contribution in [-0.4, -0.2) is 44.3 Å². The van der Waals surface area contributed by atoms with Crippen molar-refractivity contribution in [2.45, 2.75) is 31.6 Å².